The van der Waals surface area contributed by atoms with Crippen LogP contribution in [0, 0.1) is 4.91 Å². The first-order valence-electron chi connectivity index (χ1n) is 6.32. The van der Waals surface area contributed by atoms with E-state index in [4.69, 9.17) is 4.74 Å². The summed E-state index contributed by atoms with van der Waals surface area (Å²) < 4.78 is 7.24. The lowest BCUT2D eigenvalue weighted by molar-refractivity contribution is -0.696. The van der Waals surface area contributed by atoms with Crippen LogP contribution in [0.3, 0.4) is 0 Å². The van der Waals surface area contributed by atoms with Crippen molar-refractivity contribution in [3.8, 4) is 0 Å². The molecule has 0 saturated carbocycles. The van der Waals surface area contributed by atoms with Crippen LogP contribution in [0.2, 0.25) is 0 Å². The summed E-state index contributed by atoms with van der Waals surface area (Å²) in [7, 11) is 0. The van der Waals surface area contributed by atoms with Gasteiger partial charge in [-0.15, -0.1) is 0 Å². The normalized spacial score (nSPS) is 26.8. The molecule has 0 amide bonds. The van der Waals surface area contributed by atoms with Gasteiger partial charge in [-0.2, -0.15) is 0 Å². The summed E-state index contributed by atoms with van der Waals surface area (Å²) in [5, 5.41) is 0. The highest BCUT2D eigenvalue weighted by atomic mass is 16.5. The molecule has 0 radical (unpaired) electrons. The summed E-state index contributed by atoms with van der Waals surface area (Å²) in [6, 6.07) is 0. The van der Waals surface area contributed by atoms with E-state index in [0.717, 1.165) is 19.3 Å². The van der Waals surface area contributed by atoms with E-state index in [9.17, 15) is 4.91 Å². The van der Waals surface area contributed by atoms with Crippen molar-refractivity contribution in [3.63, 3.8) is 0 Å². The number of rotatable bonds is 3. The Kier molecular flexibility index (Phi) is 3.78. The zero-order valence-electron chi connectivity index (χ0n) is 11.5. The maximum atomic E-state index is 12.1. The van der Waals surface area contributed by atoms with Crippen LogP contribution in [0.5, 0.6) is 0 Å². The van der Waals surface area contributed by atoms with Crippen molar-refractivity contribution in [3.05, 3.63) is 4.91 Å². The summed E-state index contributed by atoms with van der Waals surface area (Å²) >= 11 is 0. The average molecular weight is 228 g/mol. The molecule has 1 aliphatic rings. The molecule has 94 valence electrons. The van der Waals surface area contributed by atoms with Gasteiger partial charge >= 0.3 is 0 Å². The molecule has 1 unspecified atom stereocenters. The van der Waals surface area contributed by atoms with Crippen molar-refractivity contribution in [2.75, 3.05) is 0 Å². The van der Waals surface area contributed by atoms with Gasteiger partial charge in [0.25, 0.3) is 0 Å². The van der Waals surface area contributed by atoms with Gasteiger partial charge in [0.2, 0.25) is 11.1 Å². The molecule has 1 saturated heterocycles. The summed E-state index contributed by atoms with van der Waals surface area (Å²) in [6.07, 6.45) is 3.17. The smallest absolute Gasteiger partial charge is 0.208 e. The van der Waals surface area contributed by atoms with E-state index in [2.05, 4.69) is 13.8 Å². The number of ether oxygens (including phenoxy) is 1. The van der Waals surface area contributed by atoms with E-state index in [-0.39, 0.29) is 23.3 Å². The Labute approximate surface area is 99.1 Å². The molecular formula is C13H26NO2+. The topological polar surface area (TPSA) is 29.3 Å². The lowest BCUT2D eigenvalue weighted by Crippen LogP contribution is -2.56. The van der Waals surface area contributed by atoms with Crippen LogP contribution in [0.25, 0.3) is 0 Å². The zero-order chi connectivity index (χ0) is 12.6. The fourth-order valence-corrected chi connectivity index (χ4v) is 2.69. The summed E-state index contributed by atoms with van der Waals surface area (Å²) in [5.41, 5.74) is -0.639. The highest BCUT2D eigenvalue weighted by Gasteiger charge is 2.54. The molecule has 0 bridgehead atoms. The first-order chi connectivity index (χ1) is 7.19. The molecule has 3 nitrogen and oxygen atoms in total. The monoisotopic (exact) mass is 228 g/mol. The van der Waals surface area contributed by atoms with Gasteiger partial charge in [-0.25, -0.2) is 0 Å². The van der Waals surface area contributed by atoms with Crippen molar-refractivity contribution in [2.24, 2.45) is 0 Å². The predicted octanol–water partition coefficient (Wildman–Crippen LogP) is 3.30. The van der Waals surface area contributed by atoms with E-state index in [1.165, 1.54) is 4.76 Å². The first-order valence-corrected chi connectivity index (χ1v) is 6.32. The number of nitroso groups, excluding NO2 is 1. The van der Waals surface area contributed by atoms with Crippen LogP contribution in [-0.4, -0.2) is 28.0 Å². The summed E-state index contributed by atoms with van der Waals surface area (Å²) in [4.78, 5) is 12.1. The molecule has 0 aliphatic carbocycles. The van der Waals surface area contributed by atoms with Gasteiger partial charge in [0.05, 0.1) is 12.2 Å². The van der Waals surface area contributed by atoms with Gasteiger partial charge in [-0.3, -0.25) is 0 Å². The molecule has 16 heavy (non-hydrogen) atoms. The van der Waals surface area contributed by atoms with E-state index in [0.29, 0.717) is 0 Å². The van der Waals surface area contributed by atoms with Gasteiger partial charge in [-0.1, -0.05) is 6.92 Å². The number of piperidine rings is 1. The fourth-order valence-electron chi connectivity index (χ4n) is 2.69. The van der Waals surface area contributed by atoms with E-state index in [1.807, 2.05) is 27.7 Å². The minimum Gasteiger partial charge on any atom is -0.375 e. The Bertz CT molecular complexity index is 251. The number of nitrogens with zero attached hydrogens (tertiary/aromatic N) is 1. The first kappa shape index (κ1) is 13.6. The highest BCUT2D eigenvalue weighted by Crippen LogP contribution is 2.36. The quantitative estimate of drug-likeness (QED) is 0.694. The molecule has 0 aromatic carbocycles. The third-order valence-electron chi connectivity index (χ3n) is 3.55. The summed E-state index contributed by atoms with van der Waals surface area (Å²) in [5.74, 6) is 0. The third kappa shape index (κ3) is 2.82. The minimum absolute atomic E-state index is 0.213. The third-order valence-corrected chi connectivity index (χ3v) is 3.55. The maximum Gasteiger partial charge on any atom is 0.208 e. The lowest BCUT2D eigenvalue weighted by atomic mass is 9.80. The molecule has 1 aliphatic heterocycles. The molecule has 0 spiro atoms. The predicted molar refractivity (Wildman–Crippen MR) is 65.6 cm³/mol. The zero-order valence-corrected chi connectivity index (χ0v) is 11.5. The van der Waals surface area contributed by atoms with E-state index < -0.39 is 0 Å². The van der Waals surface area contributed by atoms with Crippen LogP contribution >= 0.6 is 0 Å². The molecule has 1 fully saturated rings. The standard InChI is InChI=1S/C13H26NO2/c1-7-10(2)16-11-8-12(3,4)14(15)13(5,6)9-11/h10-11H,7-9H2,1-6H3/q+1. The van der Waals surface area contributed by atoms with Crippen LogP contribution in [0.15, 0.2) is 0 Å². The van der Waals surface area contributed by atoms with Crippen molar-refractivity contribution in [2.45, 2.75) is 84.1 Å². The van der Waals surface area contributed by atoms with Crippen LogP contribution in [0.1, 0.15) is 60.8 Å². The molecular weight excluding hydrogens is 202 g/mol. The van der Waals surface area contributed by atoms with Crippen molar-refractivity contribution in [1.29, 1.82) is 0 Å². The van der Waals surface area contributed by atoms with E-state index in [1.54, 1.807) is 0 Å². The van der Waals surface area contributed by atoms with Crippen molar-refractivity contribution in [1.82, 2.24) is 0 Å². The van der Waals surface area contributed by atoms with Gasteiger partial charge in [0.15, 0.2) is 0 Å². The molecule has 0 aromatic rings. The Morgan fingerprint density at radius 3 is 2.06 bits per heavy atom. The number of hydrogen-bond donors (Lipinski definition) is 0. The van der Waals surface area contributed by atoms with Gasteiger partial charge in [-0.05, 0) is 13.3 Å². The SMILES string of the molecule is CCC(C)OC1CC(C)(C)[N+](=O)C(C)(C)C1. The summed E-state index contributed by atoms with van der Waals surface area (Å²) in [6.45, 7) is 12.3. The fraction of sp³-hybridized carbons (Fsp3) is 1.00. The van der Waals surface area contributed by atoms with Crippen LogP contribution < -0.4 is 0 Å². The second-order valence-electron chi connectivity index (χ2n) is 6.30. The van der Waals surface area contributed by atoms with Crippen molar-refractivity contribution < 1.29 is 9.50 Å². The Hall–Kier alpha value is -0.440. The second-order valence-corrected chi connectivity index (χ2v) is 6.30. The second kappa shape index (κ2) is 4.44. The Morgan fingerprint density at radius 2 is 1.69 bits per heavy atom. The Balaban J connectivity index is 2.75. The van der Waals surface area contributed by atoms with E-state index >= 15 is 0 Å². The Morgan fingerprint density at radius 1 is 1.25 bits per heavy atom. The minimum atomic E-state index is -0.320. The number of hydrogen-bond acceptors (Lipinski definition) is 2. The highest BCUT2D eigenvalue weighted by molar-refractivity contribution is 4.87. The maximum absolute atomic E-state index is 12.1. The van der Waals surface area contributed by atoms with Gasteiger partial charge in [0, 0.05) is 50.2 Å². The molecule has 3 heteroatoms. The van der Waals surface area contributed by atoms with Crippen molar-refractivity contribution >= 4 is 0 Å². The molecule has 0 aromatic heterocycles. The van der Waals surface area contributed by atoms with Gasteiger partial charge in [0.1, 0.15) is 0 Å². The van der Waals surface area contributed by atoms with Crippen LogP contribution in [-0.2, 0) is 4.74 Å². The molecule has 1 atom stereocenters. The van der Waals surface area contributed by atoms with Crippen LogP contribution in [0.4, 0.5) is 0 Å². The largest absolute Gasteiger partial charge is 0.375 e. The molecule has 1 heterocycles. The average Bonchev–Trinajstić information content (AvgIpc) is 2.13. The molecule has 0 N–H and O–H groups in total. The lowest BCUT2D eigenvalue weighted by Gasteiger charge is -2.37. The van der Waals surface area contributed by atoms with Gasteiger partial charge < -0.3 is 4.74 Å². The molecule has 1 rings (SSSR count).